The van der Waals surface area contributed by atoms with Crippen LogP contribution in [0.2, 0.25) is 0 Å². The van der Waals surface area contributed by atoms with E-state index in [0.29, 0.717) is 6.42 Å². The van der Waals surface area contributed by atoms with Gasteiger partial charge in [-0.2, -0.15) is 0 Å². The molecule has 0 rings (SSSR count). The summed E-state index contributed by atoms with van der Waals surface area (Å²) in [5.74, 6) is 0. The highest BCUT2D eigenvalue weighted by molar-refractivity contribution is 6.76. The first kappa shape index (κ1) is 19.7. The van der Waals surface area contributed by atoms with Gasteiger partial charge in [-0.25, -0.2) is 0 Å². The molecule has 0 aliphatic heterocycles. The van der Waals surface area contributed by atoms with Gasteiger partial charge < -0.3 is 0 Å². The minimum absolute atomic E-state index is 0.566. The van der Waals surface area contributed by atoms with Crippen molar-refractivity contribution in [2.24, 2.45) is 0 Å². The van der Waals surface area contributed by atoms with Gasteiger partial charge in [0.05, 0.1) is 5.38 Å². The molecule has 0 heterocycles. The number of alkyl halides is 6. The summed E-state index contributed by atoms with van der Waals surface area (Å²) in [6.45, 7) is 2.20. The van der Waals surface area contributed by atoms with Crippen LogP contribution in [-0.2, 0) is 0 Å². The van der Waals surface area contributed by atoms with Crippen molar-refractivity contribution in [3.8, 4) is 0 Å². The molecule has 0 spiro atoms. The highest BCUT2D eigenvalue weighted by Gasteiger charge is 2.50. The largest absolute Gasteiger partial charge is 0.224 e. The van der Waals surface area contributed by atoms with E-state index in [1.165, 1.54) is 32.1 Å². The topological polar surface area (TPSA) is 0 Å². The van der Waals surface area contributed by atoms with Crippen LogP contribution in [0.4, 0.5) is 0 Å². The maximum absolute atomic E-state index is 6.10. The highest BCUT2D eigenvalue weighted by atomic mass is 35.6. The summed E-state index contributed by atoms with van der Waals surface area (Å²) in [6, 6.07) is 0. The number of hydrogen-bond donors (Lipinski definition) is 0. The molecule has 18 heavy (non-hydrogen) atoms. The third-order valence-corrected chi connectivity index (χ3v) is 6.17. The molecule has 0 aliphatic rings. The number of halogens is 6. The van der Waals surface area contributed by atoms with E-state index in [-0.39, 0.29) is 0 Å². The smallest absolute Gasteiger partial charge is 0.120 e. The SMILES string of the molecule is CCCCCCCCCC(Cl)C(Cl)(Cl)C(Cl)(Cl)Cl. The third-order valence-electron chi connectivity index (χ3n) is 2.83. The van der Waals surface area contributed by atoms with Crippen LogP contribution in [0.1, 0.15) is 58.3 Å². The van der Waals surface area contributed by atoms with Gasteiger partial charge in [-0.1, -0.05) is 110 Å². The van der Waals surface area contributed by atoms with Crippen molar-refractivity contribution in [1.82, 2.24) is 0 Å². The molecular weight excluding hydrogens is 357 g/mol. The Kier molecular flexibility index (Phi) is 10.6. The number of rotatable bonds is 9. The lowest BCUT2D eigenvalue weighted by Crippen LogP contribution is -2.40. The molecule has 0 aromatic rings. The Balaban J connectivity index is 3.74. The Labute approximate surface area is 141 Å². The van der Waals surface area contributed by atoms with Crippen molar-refractivity contribution < 1.29 is 0 Å². The van der Waals surface area contributed by atoms with E-state index in [1.807, 2.05) is 0 Å². The normalized spacial score (nSPS) is 14.8. The molecule has 0 fully saturated rings. The summed E-state index contributed by atoms with van der Waals surface area (Å²) in [5.41, 5.74) is 0. The van der Waals surface area contributed by atoms with Crippen molar-refractivity contribution in [3.63, 3.8) is 0 Å². The Morgan fingerprint density at radius 3 is 1.67 bits per heavy atom. The van der Waals surface area contributed by atoms with Crippen molar-refractivity contribution in [2.45, 2.75) is 71.8 Å². The maximum Gasteiger partial charge on any atom is 0.224 e. The van der Waals surface area contributed by atoms with Crippen LogP contribution in [0.15, 0.2) is 0 Å². The van der Waals surface area contributed by atoms with E-state index in [2.05, 4.69) is 6.92 Å². The van der Waals surface area contributed by atoms with Gasteiger partial charge >= 0.3 is 0 Å². The van der Waals surface area contributed by atoms with Gasteiger partial charge in [-0.15, -0.1) is 11.6 Å². The third kappa shape index (κ3) is 7.50. The van der Waals surface area contributed by atoms with Crippen LogP contribution in [0.3, 0.4) is 0 Å². The van der Waals surface area contributed by atoms with Gasteiger partial charge in [-0.05, 0) is 6.42 Å². The highest BCUT2D eigenvalue weighted by Crippen LogP contribution is 2.50. The van der Waals surface area contributed by atoms with Crippen LogP contribution in [0.5, 0.6) is 0 Å². The fourth-order valence-electron chi connectivity index (χ4n) is 1.64. The number of unbranched alkanes of at least 4 members (excludes halogenated alkanes) is 6. The molecular formula is C12H20Cl6. The Morgan fingerprint density at radius 1 is 0.778 bits per heavy atom. The molecule has 0 aliphatic carbocycles. The first-order chi connectivity index (χ1) is 8.23. The van der Waals surface area contributed by atoms with Gasteiger partial charge in [0, 0.05) is 0 Å². The lowest BCUT2D eigenvalue weighted by Gasteiger charge is -2.31. The molecule has 0 saturated carbocycles. The standard InChI is InChI=1S/C12H20Cl6/c1-2-3-4-5-6-7-8-9-10(13)11(14,15)12(16,17)18/h10H,2-9H2,1H3. The van der Waals surface area contributed by atoms with Crippen molar-refractivity contribution in [2.75, 3.05) is 0 Å². The first-order valence-electron chi connectivity index (χ1n) is 6.32. The van der Waals surface area contributed by atoms with Crippen LogP contribution in [-0.4, -0.2) is 13.5 Å². The van der Waals surface area contributed by atoms with E-state index in [9.17, 15) is 0 Å². The van der Waals surface area contributed by atoms with Gasteiger partial charge in [0.25, 0.3) is 0 Å². The number of hydrogen-bond acceptors (Lipinski definition) is 0. The molecule has 0 amide bonds. The molecule has 6 heteroatoms. The fraction of sp³-hybridized carbons (Fsp3) is 1.00. The zero-order valence-corrected chi connectivity index (χ0v) is 15.0. The second kappa shape index (κ2) is 9.64. The first-order valence-corrected chi connectivity index (χ1v) is 8.64. The summed E-state index contributed by atoms with van der Waals surface area (Å²) < 4.78 is -3.33. The average Bonchev–Trinajstić information content (AvgIpc) is 2.26. The molecule has 0 saturated heterocycles. The molecule has 0 nitrogen and oxygen atoms in total. The molecule has 0 N–H and O–H groups in total. The Bertz CT molecular complexity index is 211. The zero-order valence-electron chi connectivity index (χ0n) is 10.5. The summed E-state index contributed by atoms with van der Waals surface area (Å²) in [6.07, 6.45) is 9.03. The van der Waals surface area contributed by atoms with Crippen molar-refractivity contribution in [1.29, 1.82) is 0 Å². The quantitative estimate of drug-likeness (QED) is 0.293. The van der Waals surface area contributed by atoms with Gasteiger partial charge in [0.15, 0.2) is 4.33 Å². The van der Waals surface area contributed by atoms with Gasteiger partial charge in [0.2, 0.25) is 3.79 Å². The predicted octanol–water partition coefficient (Wildman–Crippen LogP) is 7.28. The van der Waals surface area contributed by atoms with E-state index in [1.54, 1.807) is 0 Å². The molecule has 1 unspecified atom stereocenters. The second-order valence-corrected chi connectivity index (χ2v) is 8.69. The molecule has 0 aromatic heterocycles. The molecule has 0 aromatic carbocycles. The molecule has 110 valence electrons. The van der Waals surface area contributed by atoms with Crippen LogP contribution in [0.25, 0.3) is 0 Å². The summed E-state index contributed by atoms with van der Waals surface area (Å²) >= 11 is 35.2. The van der Waals surface area contributed by atoms with Crippen LogP contribution in [0, 0.1) is 0 Å². The molecule has 0 bridgehead atoms. The lowest BCUT2D eigenvalue weighted by atomic mass is 10.1. The van der Waals surface area contributed by atoms with Crippen LogP contribution < -0.4 is 0 Å². The average molecular weight is 377 g/mol. The summed E-state index contributed by atoms with van der Waals surface area (Å²) in [5, 5.41) is -0.566. The Morgan fingerprint density at radius 2 is 1.22 bits per heavy atom. The second-order valence-electron chi connectivity index (χ2n) is 4.50. The fourth-order valence-corrected chi connectivity index (χ4v) is 2.74. The monoisotopic (exact) mass is 374 g/mol. The maximum atomic E-state index is 6.10. The van der Waals surface area contributed by atoms with Crippen molar-refractivity contribution in [3.05, 3.63) is 0 Å². The van der Waals surface area contributed by atoms with Gasteiger partial charge in [0.1, 0.15) is 0 Å². The zero-order chi connectivity index (χ0) is 14.2. The molecule has 0 radical (unpaired) electrons. The van der Waals surface area contributed by atoms with Gasteiger partial charge in [-0.3, -0.25) is 0 Å². The van der Waals surface area contributed by atoms with E-state index in [0.717, 1.165) is 12.8 Å². The summed E-state index contributed by atoms with van der Waals surface area (Å²) in [4.78, 5) is 0. The summed E-state index contributed by atoms with van der Waals surface area (Å²) in [7, 11) is 0. The van der Waals surface area contributed by atoms with Crippen molar-refractivity contribution >= 4 is 69.6 Å². The Hall–Kier alpha value is 1.74. The van der Waals surface area contributed by atoms with Crippen LogP contribution >= 0.6 is 69.6 Å². The predicted molar refractivity (Wildman–Crippen MR) is 87.0 cm³/mol. The molecule has 1 atom stereocenters. The minimum atomic E-state index is -1.77. The van der Waals surface area contributed by atoms with E-state index >= 15 is 0 Å². The minimum Gasteiger partial charge on any atom is -0.120 e. The lowest BCUT2D eigenvalue weighted by molar-refractivity contribution is 0.553. The van der Waals surface area contributed by atoms with E-state index in [4.69, 9.17) is 69.6 Å². The van der Waals surface area contributed by atoms with E-state index < -0.39 is 13.5 Å².